The molecule has 0 fully saturated rings. The van der Waals surface area contributed by atoms with Crippen molar-refractivity contribution in [2.24, 2.45) is 0 Å². The first-order chi connectivity index (χ1) is 12.6. The molecule has 2 aromatic rings. The van der Waals surface area contributed by atoms with E-state index in [4.69, 9.17) is 9.47 Å². The molecule has 2 aromatic carbocycles. The Bertz CT molecular complexity index is 838. The molecule has 8 heteroatoms. The third-order valence-electron chi connectivity index (χ3n) is 4.05. The van der Waals surface area contributed by atoms with E-state index in [0.717, 1.165) is 17.0 Å². The number of carbonyl (C=O) groups is 1. The van der Waals surface area contributed by atoms with Crippen LogP contribution in [0, 0.1) is 10.1 Å². The van der Waals surface area contributed by atoms with E-state index in [1.54, 1.807) is 12.1 Å². The Morgan fingerprint density at radius 3 is 2.85 bits per heavy atom. The minimum absolute atomic E-state index is 0.0360. The normalized spacial score (nSPS) is 12.7. The summed E-state index contributed by atoms with van der Waals surface area (Å²) in [6.07, 6.45) is 1.19. The van der Waals surface area contributed by atoms with Crippen LogP contribution in [0.5, 0.6) is 11.5 Å². The van der Waals surface area contributed by atoms with E-state index in [1.165, 1.54) is 13.2 Å². The van der Waals surface area contributed by atoms with Crippen molar-refractivity contribution in [3.63, 3.8) is 0 Å². The molecule has 0 aliphatic carbocycles. The van der Waals surface area contributed by atoms with Crippen LogP contribution in [0.2, 0.25) is 0 Å². The average molecular weight is 357 g/mol. The third kappa shape index (κ3) is 4.02. The molecule has 2 N–H and O–H groups in total. The van der Waals surface area contributed by atoms with Crippen LogP contribution in [0.1, 0.15) is 12.0 Å². The summed E-state index contributed by atoms with van der Waals surface area (Å²) in [4.78, 5) is 21.8. The number of nitro benzene ring substituents is 1. The number of methoxy groups -OCH3 is 1. The SMILES string of the molecule is COc1cc(NCCOc2ccc3c(c2)CCC(=O)N3)ccc1[N+](=O)[O-]. The molecule has 1 heterocycles. The number of nitro groups is 1. The van der Waals surface area contributed by atoms with Gasteiger partial charge in [-0.2, -0.15) is 0 Å². The lowest BCUT2D eigenvalue weighted by Crippen LogP contribution is -2.19. The van der Waals surface area contributed by atoms with Gasteiger partial charge in [0.15, 0.2) is 5.75 Å². The van der Waals surface area contributed by atoms with Crippen molar-refractivity contribution in [3.8, 4) is 11.5 Å². The highest BCUT2D eigenvalue weighted by molar-refractivity contribution is 5.94. The second-order valence-corrected chi connectivity index (χ2v) is 5.79. The second-order valence-electron chi connectivity index (χ2n) is 5.79. The quantitative estimate of drug-likeness (QED) is 0.449. The molecule has 1 aliphatic rings. The molecule has 3 rings (SSSR count). The summed E-state index contributed by atoms with van der Waals surface area (Å²) in [5.74, 6) is 0.981. The lowest BCUT2D eigenvalue weighted by molar-refractivity contribution is -0.385. The minimum atomic E-state index is -0.482. The molecule has 0 atom stereocenters. The Hall–Kier alpha value is -3.29. The van der Waals surface area contributed by atoms with Crippen molar-refractivity contribution in [2.75, 3.05) is 30.9 Å². The van der Waals surface area contributed by atoms with Gasteiger partial charge in [0.2, 0.25) is 5.91 Å². The Kier molecular flexibility index (Phi) is 5.21. The predicted molar refractivity (Wildman–Crippen MR) is 97.0 cm³/mol. The van der Waals surface area contributed by atoms with Crippen LogP contribution in [-0.4, -0.2) is 31.1 Å². The number of carbonyl (C=O) groups excluding carboxylic acids is 1. The van der Waals surface area contributed by atoms with E-state index < -0.39 is 4.92 Å². The van der Waals surface area contributed by atoms with Crippen molar-refractivity contribution in [2.45, 2.75) is 12.8 Å². The third-order valence-corrected chi connectivity index (χ3v) is 4.05. The van der Waals surface area contributed by atoms with Gasteiger partial charge in [-0.15, -0.1) is 0 Å². The monoisotopic (exact) mass is 357 g/mol. The number of aryl methyl sites for hydroxylation is 1. The van der Waals surface area contributed by atoms with Gasteiger partial charge in [-0.3, -0.25) is 14.9 Å². The summed E-state index contributed by atoms with van der Waals surface area (Å²) in [7, 11) is 1.40. The van der Waals surface area contributed by atoms with Crippen molar-refractivity contribution in [1.82, 2.24) is 0 Å². The van der Waals surface area contributed by atoms with Crippen LogP contribution in [0.4, 0.5) is 17.1 Å². The fourth-order valence-corrected chi connectivity index (χ4v) is 2.75. The molecule has 136 valence electrons. The Labute approximate surface area is 150 Å². The number of fused-ring (bicyclic) bond motifs is 1. The number of nitrogens with zero attached hydrogens (tertiary/aromatic N) is 1. The summed E-state index contributed by atoms with van der Waals surface area (Å²) in [5.41, 5.74) is 2.54. The maximum atomic E-state index is 11.4. The summed E-state index contributed by atoms with van der Waals surface area (Å²) >= 11 is 0. The molecule has 0 aromatic heterocycles. The summed E-state index contributed by atoms with van der Waals surface area (Å²) < 4.78 is 10.8. The van der Waals surface area contributed by atoms with Crippen LogP contribution in [-0.2, 0) is 11.2 Å². The largest absolute Gasteiger partial charge is 0.492 e. The van der Waals surface area contributed by atoms with Gasteiger partial charge in [0, 0.05) is 36.5 Å². The van der Waals surface area contributed by atoms with E-state index in [0.29, 0.717) is 31.7 Å². The Balaban J connectivity index is 1.53. The van der Waals surface area contributed by atoms with Crippen molar-refractivity contribution in [1.29, 1.82) is 0 Å². The molecular weight excluding hydrogens is 338 g/mol. The van der Waals surface area contributed by atoms with Crippen LogP contribution in [0.25, 0.3) is 0 Å². The number of amides is 1. The highest BCUT2D eigenvalue weighted by Gasteiger charge is 2.16. The fourth-order valence-electron chi connectivity index (χ4n) is 2.75. The topological polar surface area (TPSA) is 103 Å². The van der Waals surface area contributed by atoms with Gasteiger partial charge in [0.1, 0.15) is 12.4 Å². The standard InChI is InChI=1S/C18H19N3O5/c1-25-17-11-13(3-6-16(17)21(23)24)19-8-9-26-14-4-5-15-12(10-14)2-7-18(22)20-15/h3-6,10-11,19H,2,7-9H2,1H3,(H,20,22). The molecule has 1 amide bonds. The van der Waals surface area contributed by atoms with Crippen LogP contribution in [0.15, 0.2) is 36.4 Å². The van der Waals surface area contributed by atoms with Gasteiger partial charge in [-0.25, -0.2) is 0 Å². The number of benzene rings is 2. The molecule has 0 saturated carbocycles. The van der Waals surface area contributed by atoms with E-state index in [1.807, 2.05) is 18.2 Å². The summed E-state index contributed by atoms with van der Waals surface area (Å²) in [5, 5.41) is 16.9. The minimum Gasteiger partial charge on any atom is -0.492 e. The highest BCUT2D eigenvalue weighted by Crippen LogP contribution is 2.30. The molecule has 8 nitrogen and oxygen atoms in total. The van der Waals surface area contributed by atoms with E-state index in [2.05, 4.69) is 10.6 Å². The molecule has 0 saturated heterocycles. The fraction of sp³-hybridized carbons (Fsp3) is 0.278. The second kappa shape index (κ2) is 7.73. The number of anilines is 2. The average Bonchev–Trinajstić information content (AvgIpc) is 2.64. The van der Waals surface area contributed by atoms with Gasteiger partial charge in [0.25, 0.3) is 0 Å². The number of hydrogen-bond donors (Lipinski definition) is 2. The summed E-state index contributed by atoms with van der Waals surface area (Å²) in [6, 6.07) is 10.2. The lowest BCUT2D eigenvalue weighted by atomic mass is 10.0. The van der Waals surface area contributed by atoms with Crippen LogP contribution >= 0.6 is 0 Å². The number of ether oxygens (including phenoxy) is 2. The molecule has 0 radical (unpaired) electrons. The molecular formula is C18H19N3O5. The Morgan fingerprint density at radius 2 is 2.08 bits per heavy atom. The van der Waals surface area contributed by atoms with E-state index in [9.17, 15) is 14.9 Å². The van der Waals surface area contributed by atoms with Gasteiger partial charge >= 0.3 is 5.69 Å². The first-order valence-electron chi connectivity index (χ1n) is 8.18. The lowest BCUT2D eigenvalue weighted by Gasteiger charge is -2.17. The highest BCUT2D eigenvalue weighted by atomic mass is 16.6. The molecule has 1 aliphatic heterocycles. The number of hydrogen-bond acceptors (Lipinski definition) is 6. The van der Waals surface area contributed by atoms with Gasteiger partial charge in [-0.1, -0.05) is 0 Å². The Morgan fingerprint density at radius 1 is 1.23 bits per heavy atom. The van der Waals surface area contributed by atoms with Crippen molar-refractivity contribution in [3.05, 3.63) is 52.1 Å². The van der Waals surface area contributed by atoms with Gasteiger partial charge in [-0.05, 0) is 36.2 Å². The first kappa shape index (κ1) is 17.5. The molecule has 0 spiro atoms. The zero-order valence-electron chi connectivity index (χ0n) is 14.3. The van der Waals surface area contributed by atoms with E-state index in [-0.39, 0.29) is 17.3 Å². The number of rotatable bonds is 7. The molecule has 0 unspecified atom stereocenters. The predicted octanol–water partition coefficient (Wildman–Crippen LogP) is 2.98. The van der Waals surface area contributed by atoms with E-state index >= 15 is 0 Å². The smallest absolute Gasteiger partial charge is 0.311 e. The number of nitrogens with one attached hydrogen (secondary N) is 2. The van der Waals surface area contributed by atoms with Gasteiger partial charge in [0.05, 0.1) is 12.0 Å². The van der Waals surface area contributed by atoms with Crippen molar-refractivity contribution >= 4 is 23.0 Å². The van der Waals surface area contributed by atoms with Crippen LogP contribution in [0.3, 0.4) is 0 Å². The molecule has 0 bridgehead atoms. The van der Waals surface area contributed by atoms with Crippen LogP contribution < -0.4 is 20.1 Å². The zero-order valence-corrected chi connectivity index (χ0v) is 14.3. The summed E-state index contributed by atoms with van der Waals surface area (Å²) in [6.45, 7) is 0.944. The van der Waals surface area contributed by atoms with Gasteiger partial charge < -0.3 is 20.1 Å². The zero-order chi connectivity index (χ0) is 18.5. The maximum absolute atomic E-state index is 11.4. The first-order valence-corrected chi connectivity index (χ1v) is 8.18. The van der Waals surface area contributed by atoms with Crippen molar-refractivity contribution < 1.29 is 19.2 Å². The molecule has 26 heavy (non-hydrogen) atoms. The maximum Gasteiger partial charge on any atom is 0.311 e.